The zero-order chi connectivity index (χ0) is 11.2. The predicted molar refractivity (Wildman–Crippen MR) is 70.8 cm³/mol. The first-order valence-corrected chi connectivity index (χ1v) is 5.78. The van der Waals surface area contributed by atoms with Crippen molar-refractivity contribution in [2.24, 2.45) is 0 Å². The van der Waals surface area contributed by atoms with Gasteiger partial charge in [-0.25, -0.2) is 0 Å². The van der Waals surface area contributed by atoms with Crippen LogP contribution in [-0.2, 0) is 6.32 Å². The summed E-state index contributed by atoms with van der Waals surface area (Å²) >= 11 is 0. The van der Waals surface area contributed by atoms with E-state index in [4.69, 9.17) is 0 Å². The van der Waals surface area contributed by atoms with Gasteiger partial charge in [0.1, 0.15) is 7.28 Å². The van der Waals surface area contributed by atoms with Crippen molar-refractivity contribution in [3.05, 3.63) is 71.8 Å². The van der Waals surface area contributed by atoms with Gasteiger partial charge in [-0.2, -0.15) is 0 Å². The van der Waals surface area contributed by atoms with E-state index in [0.717, 1.165) is 6.32 Å². The van der Waals surface area contributed by atoms with Crippen LogP contribution in [0.1, 0.15) is 23.9 Å². The molecule has 0 spiro atoms. The summed E-state index contributed by atoms with van der Waals surface area (Å²) in [5.74, 6) is 0.515. The van der Waals surface area contributed by atoms with E-state index in [2.05, 4.69) is 74.9 Å². The number of hydrogen-bond donors (Lipinski definition) is 0. The molecule has 0 amide bonds. The van der Waals surface area contributed by atoms with Crippen LogP contribution in [0.2, 0.25) is 0 Å². The van der Waals surface area contributed by atoms with Crippen molar-refractivity contribution in [3.8, 4) is 0 Å². The summed E-state index contributed by atoms with van der Waals surface area (Å²) < 4.78 is 0. The van der Waals surface area contributed by atoms with Gasteiger partial charge < -0.3 is 0 Å². The van der Waals surface area contributed by atoms with Crippen molar-refractivity contribution in [2.45, 2.75) is 19.1 Å². The summed E-state index contributed by atoms with van der Waals surface area (Å²) in [5.41, 5.74) is 2.77. The maximum Gasteiger partial charge on any atom is 0.124 e. The molecule has 2 aromatic carbocycles. The molecule has 0 saturated carbocycles. The molecule has 0 nitrogen and oxygen atoms in total. The molecule has 0 bridgehead atoms. The van der Waals surface area contributed by atoms with E-state index in [1.165, 1.54) is 11.1 Å². The van der Waals surface area contributed by atoms with Gasteiger partial charge >= 0.3 is 0 Å². The molecule has 0 heterocycles. The highest BCUT2D eigenvalue weighted by atomic mass is 14.0. The number of rotatable bonds is 4. The third-order valence-corrected chi connectivity index (χ3v) is 2.88. The van der Waals surface area contributed by atoms with Crippen molar-refractivity contribution in [1.29, 1.82) is 0 Å². The molecule has 79 valence electrons. The highest BCUT2D eigenvalue weighted by Crippen LogP contribution is 2.14. The van der Waals surface area contributed by atoms with Gasteiger partial charge in [-0.05, 0) is 5.82 Å². The molecule has 0 aromatic heterocycles. The van der Waals surface area contributed by atoms with Gasteiger partial charge in [-0.3, -0.25) is 0 Å². The van der Waals surface area contributed by atoms with Gasteiger partial charge in [0.05, 0.1) is 0 Å². The molecule has 0 aliphatic carbocycles. The van der Waals surface area contributed by atoms with E-state index >= 15 is 0 Å². The van der Waals surface area contributed by atoms with Crippen LogP contribution in [0.4, 0.5) is 0 Å². The lowest BCUT2D eigenvalue weighted by atomic mass is 9.59. The SMILES string of the molecule is CC([B]Cc1ccccc1)c1ccccc1. The maximum atomic E-state index is 2.37. The van der Waals surface area contributed by atoms with Gasteiger partial charge in [-0.1, -0.05) is 85.0 Å². The Kier molecular flexibility index (Phi) is 3.82. The molecule has 0 fully saturated rings. The molecule has 0 aliphatic rings. The molecule has 1 heteroatoms. The van der Waals surface area contributed by atoms with E-state index in [0.29, 0.717) is 5.82 Å². The Bertz CT molecular complexity index is 408. The topological polar surface area (TPSA) is 0 Å². The van der Waals surface area contributed by atoms with Gasteiger partial charge in [-0.15, -0.1) is 0 Å². The van der Waals surface area contributed by atoms with E-state index in [-0.39, 0.29) is 0 Å². The summed E-state index contributed by atoms with van der Waals surface area (Å²) in [4.78, 5) is 0. The van der Waals surface area contributed by atoms with Gasteiger partial charge in [0.15, 0.2) is 0 Å². The van der Waals surface area contributed by atoms with Crippen LogP contribution in [0.5, 0.6) is 0 Å². The molecule has 2 rings (SSSR count). The predicted octanol–water partition coefficient (Wildman–Crippen LogP) is 3.65. The fourth-order valence-corrected chi connectivity index (χ4v) is 1.82. The second-order valence-electron chi connectivity index (χ2n) is 4.12. The Morgan fingerprint density at radius 1 is 0.875 bits per heavy atom. The van der Waals surface area contributed by atoms with Gasteiger partial charge in [0, 0.05) is 0 Å². The molecule has 0 aliphatic heterocycles. The zero-order valence-electron chi connectivity index (χ0n) is 9.64. The Morgan fingerprint density at radius 3 is 2.06 bits per heavy atom. The normalized spacial score (nSPS) is 12.1. The summed E-state index contributed by atoms with van der Waals surface area (Å²) in [6.45, 7) is 2.25. The molecule has 16 heavy (non-hydrogen) atoms. The highest BCUT2D eigenvalue weighted by Gasteiger charge is 2.06. The van der Waals surface area contributed by atoms with Crippen LogP contribution in [-0.4, -0.2) is 7.28 Å². The summed E-state index contributed by atoms with van der Waals surface area (Å²) in [6, 6.07) is 21.2. The monoisotopic (exact) mass is 207 g/mol. The summed E-state index contributed by atoms with van der Waals surface area (Å²) in [5, 5.41) is 0. The minimum atomic E-state index is 0.515. The van der Waals surface area contributed by atoms with Crippen molar-refractivity contribution < 1.29 is 0 Å². The van der Waals surface area contributed by atoms with Crippen LogP contribution < -0.4 is 0 Å². The van der Waals surface area contributed by atoms with Gasteiger partial charge in [0.25, 0.3) is 0 Å². The van der Waals surface area contributed by atoms with Crippen molar-refractivity contribution in [1.82, 2.24) is 0 Å². The van der Waals surface area contributed by atoms with Crippen molar-refractivity contribution >= 4 is 7.28 Å². The third-order valence-electron chi connectivity index (χ3n) is 2.88. The molecular formula is C15H16B. The lowest BCUT2D eigenvalue weighted by Gasteiger charge is -2.10. The molecule has 1 radical (unpaired) electrons. The Hall–Kier alpha value is -1.50. The van der Waals surface area contributed by atoms with E-state index in [1.807, 2.05) is 0 Å². The zero-order valence-corrected chi connectivity index (χ0v) is 9.64. The molecule has 1 atom stereocenters. The first-order valence-electron chi connectivity index (χ1n) is 5.78. The largest absolute Gasteiger partial charge is 0.124 e. The number of benzene rings is 2. The number of hydrogen-bond acceptors (Lipinski definition) is 0. The first kappa shape index (κ1) is 11.0. The fourth-order valence-electron chi connectivity index (χ4n) is 1.82. The van der Waals surface area contributed by atoms with E-state index in [1.54, 1.807) is 0 Å². The molecule has 0 saturated heterocycles. The second kappa shape index (κ2) is 5.55. The van der Waals surface area contributed by atoms with Crippen molar-refractivity contribution in [2.75, 3.05) is 0 Å². The van der Waals surface area contributed by atoms with Gasteiger partial charge in [0.2, 0.25) is 0 Å². The average Bonchev–Trinajstić information content (AvgIpc) is 2.38. The summed E-state index contributed by atoms with van der Waals surface area (Å²) in [6.07, 6.45) is 1.04. The molecule has 0 N–H and O–H groups in total. The van der Waals surface area contributed by atoms with Crippen LogP contribution >= 0.6 is 0 Å². The lowest BCUT2D eigenvalue weighted by molar-refractivity contribution is 1.05. The first-order chi connectivity index (χ1) is 7.86. The van der Waals surface area contributed by atoms with Crippen molar-refractivity contribution in [3.63, 3.8) is 0 Å². The van der Waals surface area contributed by atoms with Crippen LogP contribution in [0, 0.1) is 0 Å². The molecule has 1 unspecified atom stereocenters. The Morgan fingerprint density at radius 2 is 1.44 bits per heavy atom. The van der Waals surface area contributed by atoms with Crippen LogP contribution in [0.3, 0.4) is 0 Å². The smallest absolute Gasteiger partial charge is 0.0657 e. The molecular weight excluding hydrogens is 191 g/mol. The Balaban J connectivity index is 1.92. The maximum absolute atomic E-state index is 2.37. The van der Waals surface area contributed by atoms with E-state index in [9.17, 15) is 0 Å². The van der Waals surface area contributed by atoms with E-state index < -0.39 is 0 Å². The minimum Gasteiger partial charge on any atom is -0.0657 e. The summed E-state index contributed by atoms with van der Waals surface area (Å²) in [7, 11) is 2.37. The Labute approximate surface area is 98.6 Å². The minimum absolute atomic E-state index is 0.515. The quantitative estimate of drug-likeness (QED) is 0.671. The van der Waals surface area contributed by atoms with Crippen LogP contribution in [0.15, 0.2) is 60.7 Å². The fraction of sp³-hybridized carbons (Fsp3) is 0.200. The van der Waals surface area contributed by atoms with Crippen LogP contribution in [0.25, 0.3) is 0 Å². The highest BCUT2D eigenvalue weighted by molar-refractivity contribution is 6.37. The average molecular weight is 207 g/mol. The lowest BCUT2D eigenvalue weighted by Crippen LogP contribution is -2.07. The third kappa shape index (κ3) is 3.00. The standard InChI is InChI=1S/C15H16B/c1-13(15-10-6-3-7-11-15)16-12-14-8-4-2-5-9-14/h2-11,13H,12H2,1H3. The molecule has 2 aromatic rings. The second-order valence-corrected chi connectivity index (χ2v) is 4.12.